The number of carbonyl (C=O) groups excluding carboxylic acids is 1. The predicted octanol–water partition coefficient (Wildman–Crippen LogP) is 4.40. The highest BCUT2D eigenvalue weighted by molar-refractivity contribution is 7.90. The number of anilines is 1. The van der Waals surface area contributed by atoms with Crippen LogP contribution >= 0.6 is 0 Å². The summed E-state index contributed by atoms with van der Waals surface area (Å²) in [5.41, 5.74) is 0.209. The van der Waals surface area contributed by atoms with Gasteiger partial charge in [0.05, 0.1) is 17.0 Å². The van der Waals surface area contributed by atoms with Gasteiger partial charge < -0.3 is 14.4 Å². The minimum absolute atomic E-state index is 0.0380. The summed E-state index contributed by atoms with van der Waals surface area (Å²) in [4.78, 5) is 22.7. The number of sulfone groups is 1. The van der Waals surface area contributed by atoms with E-state index in [0.717, 1.165) is 25.9 Å². The van der Waals surface area contributed by atoms with Crippen LogP contribution in [0.3, 0.4) is 0 Å². The summed E-state index contributed by atoms with van der Waals surface area (Å²) < 4.78 is 49.6. The fraction of sp³-hybridized carbons (Fsp3) is 0.480. The van der Waals surface area contributed by atoms with Crippen molar-refractivity contribution < 1.29 is 27.1 Å². The predicted molar refractivity (Wildman–Crippen MR) is 131 cm³/mol. The van der Waals surface area contributed by atoms with Crippen LogP contribution in [0.1, 0.15) is 52.0 Å². The van der Waals surface area contributed by atoms with Crippen molar-refractivity contribution in [3.05, 3.63) is 54.1 Å². The van der Waals surface area contributed by atoms with Gasteiger partial charge in [0.2, 0.25) is 5.95 Å². The van der Waals surface area contributed by atoms with Crippen molar-refractivity contribution in [1.82, 2.24) is 9.97 Å². The maximum absolute atomic E-state index is 13.2. The maximum atomic E-state index is 13.2. The molecule has 0 bridgehead atoms. The van der Waals surface area contributed by atoms with Crippen LogP contribution in [0.2, 0.25) is 0 Å². The molecule has 0 amide bonds. The van der Waals surface area contributed by atoms with Gasteiger partial charge in [0, 0.05) is 37.5 Å². The summed E-state index contributed by atoms with van der Waals surface area (Å²) in [5.74, 6) is 0.381. The summed E-state index contributed by atoms with van der Waals surface area (Å²) in [5, 5.41) is 0. The second kappa shape index (κ2) is 11.6. The number of aromatic nitrogens is 2. The first kappa shape index (κ1) is 26.6. The number of benzene rings is 1. The Kier molecular flexibility index (Phi) is 8.82. The monoisotopic (exact) mass is 505 g/mol. The maximum Gasteiger partial charge on any atom is 0.306 e. The quantitative estimate of drug-likeness (QED) is 0.438. The molecule has 0 spiro atoms. The van der Waals surface area contributed by atoms with Gasteiger partial charge in [-0.05, 0) is 69.9 Å². The highest BCUT2D eigenvalue weighted by Crippen LogP contribution is 2.22. The number of hydrogen-bond donors (Lipinski definition) is 0. The zero-order chi connectivity index (χ0) is 25.5. The Balaban J connectivity index is 1.52. The van der Waals surface area contributed by atoms with E-state index >= 15 is 0 Å². The molecule has 2 heterocycles. The minimum Gasteiger partial charge on any atom is -0.489 e. The van der Waals surface area contributed by atoms with E-state index in [1.807, 2.05) is 0 Å². The Hall–Kier alpha value is -3.01. The largest absolute Gasteiger partial charge is 0.489 e. The lowest BCUT2D eigenvalue weighted by Gasteiger charge is -2.19. The van der Waals surface area contributed by atoms with Crippen molar-refractivity contribution in [2.75, 3.05) is 24.6 Å². The van der Waals surface area contributed by atoms with Gasteiger partial charge in [-0.15, -0.1) is 0 Å². The standard InChI is InChI=1S/C25H32FN3O5S/c1-25(2,3)34-23(30)11-6-19(14-26)17-33-21-7-9-22(10-8-21)35(31,32)18-20-15-27-24(28-16-20)29-12-4-5-13-29/h7-10,14-16H,4-6,11-13,17-18H2,1-3H3/b19-14+. The zero-order valence-corrected chi connectivity index (χ0v) is 21.2. The second-order valence-corrected chi connectivity index (χ2v) is 11.4. The molecule has 0 atom stereocenters. The van der Waals surface area contributed by atoms with Gasteiger partial charge in [-0.25, -0.2) is 22.8 Å². The van der Waals surface area contributed by atoms with E-state index in [-0.39, 0.29) is 30.1 Å². The molecule has 1 saturated heterocycles. The highest BCUT2D eigenvalue weighted by Gasteiger charge is 2.19. The average Bonchev–Trinajstić information content (AvgIpc) is 3.33. The molecule has 2 aromatic rings. The van der Waals surface area contributed by atoms with E-state index < -0.39 is 21.4 Å². The van der Waals surface area contributed by atoms with Crippen molar-refractivity contribution in [2.24, 2.45) is 0 Å². The van der Waals surface area contributed by atoms with Crippen LogP contribution in [-0.4, -0.2) is 49.7 Å². The van der Waals surface area contributed by atoms with Crippen molar-refractivity contribution >= 4 is 21.8 Å². The fourth-order valence-corrected chi connectivity index (χ4v) is 4.84. The summed E-state index contributed by atoms with van der Waals surface area (Å²) in [6.07, 6.45) is 5.94. The van der Waals surface area contributed by atoms with E-state index in [1.54, 1.807) is 33.2 Å². The van der Waals surface area contributed by atoms with Crippen LogP contribution in [0, 0.1) is 0 Å². The molecule has 1 aliphatic heterocycles. The molecule has 0 radical (unpaired) electrons. The van der Waals surface area contributed by atoms with Crippen molar-refractivity contribution in [1.29, 1.82) is 0 Å². The molecule has 35 heavy (non-hydrogen) atoms. The van der Waals surface area contributed by atoms with E-state index in [4.69, 9.17) is 9.47 Å². The number of nitrogens with zero attached hydrogens (tertiary/aromatic N) is 3. The molecule has 1 fully saturated rings. The first-order valence-corrected chi connectivity index (χ1v) is 13.2. The number of ether oxygens (including phenoxy) is 2. The molecule has 0 saturated carbocycles. The second-order valence-electron chi connectivity index (χ2n) is 9.46. The Bertz CT molecular complexity index is 1120. The van der Waals surface area contributed by atoms with Gasteiger partial charge in [0.1, 0.15) is 18.0 Å². The van der Waals surface area contributed by atoms with Crippen LogP contribution in [0.4, 0.5) is 10.3 Å². The highest BCUT2D eigenvalue weighted by atomic mass is 32.2. The molecule has 0 N–H and O–H groups in total. The SMILES string of the molecule is CC(C)(C)OC(=O)CC/C(=C\F)COc1ccc(S(=O)(=O)Cc2cnc(N3CCCC3)nc2)cc1. The van der Waals surface area contributed by atoms with Gasteiger partial charge in [-0.3, -0.25) is 4.79 Å². The zero-order valence-electron chi connectivity index (χ0n) is 20.4. The molecule has 190 valence electrons. The molecule has 3 rings (SSSR count). The van der Waals surface area contributed by atoms with Crippen LogP contribution < -0.4 is 9.64 Å². The number of hydrogen-bond acceptors (Lipinski definition) is 8. The summed E-state index contributed by atoms with van der Waals surface area (Å²) >= 11 is 0. The van der Waals surface area contributed by atoms with Gasteiger partial charge in [-0.1, -0.05) is 0 Å². The van der Waals surface area contributed by atoms with E-state index in [1.165, 1.54) is 24.3 Å². The topological polar surface area (TPSA) is 98.7 Å². The Morgan fingerprint density at radius 1 is 1.09 bits per heavy atom. The number of carbonyl (C=O) groups is 1. The normalized spacial score (nSPS) is 14.7. The molecule has 1 aromatic heterocycles. The Morgan fingerprint density at radius 3 is 2.29 bits per heavy atom. The molecule has 8 nitrogen and oxygen atoms in total. The molecule has 0 aliphatic carbocycles. The van der Waals surface area contributed by atoms with Crippen molar-refractivity contribution in [2.45, 2.75) is 62.7 Å². The van der Waals surface area contributed by atoms with Gasteiger partial charge in [-0.2, -0.15) is 0 Å². The minimum atomic E-state index is -3.60. The van der Waals surface area contributed by atoms with Gasteiger partial charge in [0.15, 0.2) is 9.84 Å². The molecular formula is C25H32FN3O5S. The average molecular weight is 506 g/mol. The van der Waals surface area contributed by atoms with E-state index in [0.29, 0.717) is 29.2 Å². The van der Waals surface area contributed by atoms with Crippen LogP contribution in [0.15, 0.2) is 53.5 Å². The third-order valence-corrected chi connectivity index (χ3v) is 6.97. The fourth-order valence-electron chi connectivity index (χ4n) is 3.54. The lowest BCUT2D eigenvalue weighted by Crippen LogP contribution is -2.23. The Morgan fingerprint density at radius 2 is 1.71 bits per heavy atom. The number of halogens is 1. The molecule has 10 heteroatoms. The first-order chi connectivity index (χ1) is 16.6. The van der Waals surface area contributed by atoms with Crippen LogP contribution in [0.5, 0.6) is 5.75 Å². The van der Waals surface area contributed by atoms with Crippen LogP contribution in [0.25, 0.3) is 0 Å². The molecule has 1 aromatic carbocycles. The summed E-state index contributed by atoms with van der Waals surface area (Å²) in [6.45, 7) is 7.07. The number of esters is 1. The smallest absolute Gasteiger partial charge is 0.306 e. The van der Waals surface area contributed by atoms with Crippen molar-refractivity contribution in [3.63, 3.8) is 0 Å². The lowest BCUT2D eigenvalue weighted by molar-refractivity contribution is -0.154. The lowest BCUT2D eigenvalue weighted by atomic mass is 10.1. The first-order valence-electron chi connectivity index (χ1n) is 11.6. The van der Waals surface area contributed by atoms with Gasteiger partial charge >= 0.3 is 5.97 Å². The molecule has 0 unspecified atom stereocenters. The van der Waals surface area contributed by atoms with E-state index in [9.17, 15) is 17.6 Å². The van der Waals surface area contributed by atoms with Crippen molar-refractivity contribution in [3.8, 4) is 5.75 Å². The Labute approximate surface area is 206 Å². The summed E-state index contributed by atoms with van der Waals surface area (Å²) in [7, 11) is -3.60. The number of rotatable bonds is 10. The molecule has 1 aliphatic rings. The van der Waals surface area contributed by atoms with E-state index in [2.05, 4.69) is 14.9 Å². The molecular weight excluding hydrogens is 473 g/mol. The van der Waals surface area contributed by atoms with Gasteiger partial charge in [0.25, 0.3) is 0 Å². The van der Waals surface area contributed by atoms with Crippen LogP contribution in [-0.2, 0) is 25.1 Å². The third kappa shape index (κ3) is 8.31. The third-order valence-electron chi connectivity index (χ3n) is 5.27. The summed E-state index contributed by atoms with van der Waals surface area (Å²) in [6, 6.07) is 5.93.